The van der Waals surface area contributed by atoms with Crippen LogP contribution in [0.3, 0.4) is 0 Å². The van der Waals surface area contributed by atoms with E-state index in [4.69, 9.17) is 9.47 Å². The van der Waals surface area contributed by atoms with E-state index in [0.717, 1.165) is 36.7 Å². The predicted molar refractivity (Wildman–Crippen MR) is 102 cm³/mol. The predicted octanol–water partition coefficient (Wildman–Crippen LogP) is 3.76. The van der Waals surface area contributed by atoms with Crippen LogP contribution in [0.5, 0.6) is 5.75 Å². The molecule has 5 nitrogen and oxygen atoms in total. The lowest BCUT2D eigenvalue weighted by atomic mass is 9.77. The molecule has 1 aliphatic heterocycles. The van der Waals surface area contributed by atoms with Gasteiger partial charge < -0.3 is 9.47 Å². The van der Waals surface area contributed by atoms with Crippen molar-refractivity contribution in [3.05, 3.63) is 46.9 Å². The molecule has 0 aliphatic carbocycles. The normalized spacial score (nSPS) is 20.7. The summed E-state index contributed by atoms with van der Waals surface area (Å²) in [6.45, 7) is 5.25. The van der Waals surface area contributed by atoms with E-state index in [1.165, 1.54) is 0 Å². The minimum absolute atomic E-state index is 0.0968. The molecule has 1 fully saturated rings. The highest BCUT2D eigenvalue weighted by atomic mass is 32.1. The first-order valence-corrected chi connectivity index (χ1v) is 10.1. The van der Waals surface area contributed by atoms with Crippen molar-refractivity contribution in [2.75, 3.05) is 26.3 Å². The zero-order chi connectivity index (χ0) is 18.2. The van der Waals surface area contributed by atoms with Crippen LogP contribution in [0.2, 0.25) is 0 Å². The molecule has 0 saturated carbocycles. The number of likely N-dealkylation sites (tertiary alicyclic amines) is 1. The number of piperidine rings is 1. The number of hydrogen-bond donors (Lipinski definition) is 0. The number of hydrogen-bond acceptors (Lipinski definition) is 6. The van der Waals surface area contributed by atoms with Crippen LogP contribution in [-0.2, 0) is 16.1 Å². The van der Waals surface area contributed by atoms with Gasteiger partial charge in [-0.1, -0.05) is 18.2 Å². The topological polar surface area (TPSA) is 51.7 Å². The second-order valence-corrected chi connectivity index (χ2v) is 7.63. The minimum atomic E-state index is -0.500. The van der Waals surface area contributed by atoms with Crippen molar-refractivity contribution in [3.8, 4) is 5.75 Å². The Kier molecular flexibility index (Phi) is 6.63. The monoisotopic (exact) mass is 374 g/mol. The van der Waals surface area contributed by atoms with Gasteiger partial charge in [0.25, 0.3) is 0 Å². The molecule has 3 rings (SSSR count). The fourth-order valence-corrected chi connectivity index (χ4v) is 4.18. The second kappa shape index (κ2) is 9.14. The Bertz CT molecular complexity index is 678. The number of esters is 1. The lowest BCUT2D eigenvalue weighted by Gasteiger charge is -2.40. The molecule has 0 bridgehead atoms. The Morgan fingerprint density at radius 1 is 1.35 bits per heavy atom. The van der Waals surface area contributed by atoms with Crippen LogP contribution in [0, 0.1) is 5.41 Å². The zero-order valence-corrected chi connectivity index (χ0v) is 16.0. The quantitative estimate of drug-likeness (QED) is 0.659. The number of carbonyl (C=O) groups is 1. The maximum atomic E-state index is 12.8. The molecule has 0 unspecified atom stereocenters. The molecule has 2 aromatic rings. The van der Waals surface area contributed by atoms with Crippen molar-refractivity contribution in [2.24, 2.45) is 5.41 Å². The van der Waals surface area contributed by atoms with Crippen LogP contribution in [0.1, 0.15) is 31.2 Å². The second-order valence-electron chi connectivity index (χ2n) is 6.65. The summed E-state index contributed by atoms with van der Waals surface area (Å²) in [5.41, 5.74) is -0.500. The van der Waals surface area contributed by atoms with E-state index in [1.807, 2.05) is 48.8 Å². The van der Waals surface area contributed by atoms with Crippen molar-refractivity contribution in [2.45, 2.75) is 32.7 Å². The van der Waals surface area contributed by atoms with E-state index >= 15 is 0 Å². The average molecular weight is 375 g/mol. The molecular weight excluding hydrogens is 348 g/mol. The van der Waals surface area contributed by atoms with Crippen LogP contribution < -0.4 is 4.74 Å². The number of thiazole rings is 1. The van der Waals surface area contributed by atoms with Crippen LogP contribution in [0.15, 0.2) is 41.9 Å². The highest BCUT2D eigenvalue weighted by molar-refractivity contribution is 7.09. The summed E-state index contributed by atoms with van der Waals surface area (Å²) in [6, 6.07) is 9.74. The summed E-state index contributed by atoms with van der Waals surface area (Å²) in [4.78, 5) is 19.5. The standard InChI is InChI=1S/C20H26N2O3S/c1-2-24-19(23)20(10-13-25-17-7-4-3-5-8-17)9-6-12-22(16-20)15-18-21-11-14-26-18/h3-5,7-8,11,14H,2,6,9-10,12-13,15-16H2,1H3/t20-/m1/s1. The number of benzene rings is 1. The highest BCUT2D eigenvalue weighted by Crippen LogP contribution is 2.36. The van der Waals surface area contributed by atoms with Gasteiger partial charge in [-0.25, -0.2) is 4.98 Å². The van der Waals surface area contributed by atoms with Gasteiger partial charge >= 0.3 is 5.97 Å². The van der Waals surface area contributed by atoms with E-state index in [2.05, 4.69) is 9.88 Å². The molecule has 0 radical (unpaired) electrons. The molecule has 1 aliphatic rings. The maximum Gasteiger partial charge on any atom is 0.313 e. The van der Waals surface area contributed by atoms with Gasteiger partial charge in [0.1, 0.15) is 10.8 Å². The average Bonchev–Trinajstić information content (AvgIpc) is 3.16. The third-order valence-electron chi connectivity index (χ3n) is 4.80. The molecule has 1 saturated heterocycles. The van der Waals surface area contributed by atoms with Gasteiger partial charge in [0.2, 0.25) is 0 Å². The molecule has 1 atom stereocenters. The first-order valence-electron chi connectivity index (χ1n) is 9.18. The minimum Gasteiger partial charge on any atom is -0.494 e. The van der Waals surface area contributed by atoms with E-state index < -0.39 is 5.41 Å². The summed E-state index contributed by atoms with van der Waals surface area (Å²) >= 11 is 1.66. The van der Waals surface area contributed by atoms with Crippen molar-refractivity contribution >= 4 is 17.3 Å². The van der Waals surface area contributed by atoms with Gasteiger partial charge in [-0.2, -0.15) is 0 Å². The Labute approximate surface area is 159 Å². The van der Waals surface area contributed by atoms with Crippen LogP contribution in [0.25, 0.3) is 0 Å². The lowest BCUT2D eigenvalue weighted by Crippen LogP contribution is -2.49. The Hall–Kier alpha value is -1.92. The summed E-state index contributed by atoms with van der Waals surface area (Å²) < 4.78 is 11.3. The van der Waals surface area contributed by atoms with Gasteiger partial charge in [-0.05, 0) is 44.9 Å². The van der Waals surface area contributed by atoms with Crippen molar-refractivity contribution < 1.29 is 14.3 Å². The number of rotatable bonds is 8. The van der Waals surface area contributed by atoms with Crippen LogP contribution in [0.4, 0.5) is 0 Å². The summed E-state index contributed by atoms with van der Waals surface area (Å²) in [5.74, 6) is 0.738. The molecule has 1 aromatic heterocycles. The van der Waals surface area contributed by atoms with E-state index in [-0.39, 0.29) is 5.97 Å². The van der Waals surface area contributed by atoms with E-state index in [1.54, 1.807) is 11.3 Å². The molecule has 6 heteroatoms. The number of para-hydroxylation sites is 1. The van der Waals surface area contributed by atoms with E-state index in [9.17, 15) is 4.79 Å². The Morgan fingerprint density at radius 2 is 2.19 bits per heavy atom. The van der Waals surface area contributed by atoms with Crippen molar-refractivity contribution in [3.63, 3.8) is 0 Å². The summed E-state index contributed by atoms with van der Waals surface area (Å²) in [7, 11) is 0. The maximum absolute atomic E-state index is 12.8. The van der Waals surface area contributed by atoms with Crippen molar-refractivity contribution in [1.82, 2.24) is 9.88 Å². The fourth-order valence-electron chi connectivity index (χ4n) is 3.52. The zero-order valence-electron chi connectivity index (χ0n) is 15.2. The first kappa shape index (κ1) is 18.9. The smallest absolute Gasteiger partial charge is 0.313 e. The molecule has 140 valence electrons. The van der Waals surface area contributed by atoms with Gasteiger partial charge in [0.05, 0.1) is 25.2 Å². The molecule has 0 N–H and O–H groups in total. The van der Waals surface area contributed by atoms with E-state index in [0.29, 0.717) is 26.2 Å². The SMILES string of the molecule is CCOC(=O)[C@@]1(CCOc2ccccc2)CCCN(Cc2nccs2)C1. The van der Waals surface area contributed by atoms with Crippen LogP contribution >= 0.6 is 11.3 Å². The third kappa shape index (κ3) is 4.83. The van der Waals surface area contributed by atoms with Gasteiger partial charge in [0, 0.05) is 18.1 Å². The number of ether oxygens (including phenoxy) is 2. The Balaban J connectivity index is 1.65. The highest BCUT2D eigenvalue weighted by Gasteiger charge is 2.43. The van der Waals surface area contributed by atoms with Crippen molar-refractivity contribution in [1.29, 1.82) is 0 Å². The number of aromatic nitrogens is 1. The molecule has 0 amide bonds. The molecule has 1 aromatic carbocycles. The third-order valence-corrected chi connectivity index (χ3v) is 5.56. The summed E-state index contributed by atoms with van der Waals surface area (Å²) in [6.07, 6.45) is 4.32. The van der Waals surface area contributed by atoms with Gasteiger partial charge in [-0.3, -0.25) is 9.69 Å². The molecular formula is C20H26N2O3S. The number of carbonyl (C=O) groups excluding carboxylic acids is 1. The van der Waals surface area contributed by atoms with Crippen LogP contribution in [-0.4, -0.2) is 42.2 Å². The largest absolute Gasteiger partial charge is 0.494 e. The fraction of sp³-hybridized carbons (Fsp3) is 0.500. The number of nitrogens with zero attached hydrogens (tertiary/aromatic N) is 2. The van der Waals surface area contributed by atoms with Gasteiger partial charge in [0.15, 0.2) is 0 Å². The molecule has 26 heavy (non-hydrogen) atoms. The lowest BCUT2D eigenvalue weighted by molar-refractivity contribution is -0.160. The van der Waals surface area contributed by atoms with Gasteiger partial charge in [-0.15, -0.1) is 11.3 Å². The first-order chi connectivity index (χ1) is 12.7. The molecule has 0 spiro atoms. The Morgan fingerprint density at radius 3 is 2.92 bits per heavy atom. The summed E-state index contributed by atoms with van der Waals surface area (Å²) in [5, 5.41) is 3.08. The molecule has 2 heterocycles.